The molecule has 1 aromatic heterocycles. The number of aromatic nitrogens is 1. The first-order valence-corrected chi connectivity index (χ1v) is 9.02. The molecule has 1 heterocycles. The zero-order valence-corrected chi connectivity index (χ0v) is 14.7. The summed E-state index contributed by atoms with van der Waals surface area (Å²) in [6.07, 6.45) is 1.35. The predicted octanol–water partition coefficient (Wildman–Crippen LogP) is 2.92. The second-order valence-electron chi connectivity index (χ2n) is 5.54. The molecule has 25 heavy (non-hydrogen) atoms. The van der Waals surface area contributed by atoms with Crippen molar-refractivity contribution in [1.82, 2.24) is 3.97 Å². The number of aliphatic hydroxyl groups excluding tert-OH is 1. The summed E-state index contributed by atoms with van der Waals surface area (Å²) >= 11 is 5.83. The third kappa shape index (κ3) is 2.99. The normalized spacial score (nSPS) is 11.9. The second kappa shape index (κ2) is 6.32. The van der Waals surface area contributed by atoms with Crippen LogP contribution in [0.3, 0.4) is 0 Å². The average molecular weight is 383 g/mol. The molecule has 0 aliphatic heterocycles. The summed E-state index contributed by atoms with van der Waals surface area (Å²) in [5.41, 5.74) is 1.55. The molecule has 0 fully saturated rings. The van der Waals surface area contributed by atoms with Crippen LogP contribution in [0.5, 0.6) is 0 Å². The lowest BCUT2D eigenvalue weighted by molar-refractivity contribution is 0.0291. The molecule has 0 aliphatic rings. The molecule has 9 heteroatoms. The van der Waals surface area contributed by atoms with Gasteiger partial charge in [-0.25, -0.2) is 12.4 Å². The minimum atomic E-state index is -4.04. The number of halogens is 1. The van der Waals surface area contributed by atoms with Crippen molar-refractivity contribution in [3.05, 3.63) is 58.7 Å². The maximum atomic E-state index is 13.0. The fourth-order valence-corrected chi connectivity index (χ4v) is 4.23. The van der Waals surface area contributed by atoms with Crippen molar-refractivity contribution in [2.75, 3.05) is 5.23 Å². The summed E-state index contributed by atoms with van der Waals surface area (Å²) in [5, 5.41) is 28.3. The van der Waals surface area contributed by atoms with Gasteiger partial charge in [0.15, 0.2) is 0 Å². The fraction of sp³-hybridized carbons (Fsp3) is 0.125. The number of aliphatic hydroxyl groups is 1. The van der Waals surface area contributed by atoms with Crippen LogP contribution in [0, 0.1) is 6.92 Å². The van der Waals surface area contributed by atoms with Gasteiger partial charge in [-0.1, -0.05) is 23.2 Å². The quantitative estimate of drug-likeness (QED) is 0.599. The highest BCUT2D eigenvalue weighted by molar-refractivity contribution is 7.90. The van der Waals surface area contributed by atoms with E-state index in [1.807, 2.05) is 6.92 Å². The smallest absolute Gasteiger partial charge is 0.268 e. The Morgan fingerprint density at radius 1 is 1.16 bits per heavy atom. The van der Waals surface area contributed by atoms with Crippen LogP contribution >= 0.6 is 11.6 Å². The maximum Gasteiger partial charge on any atom is 0.268 e. The van der Waals surface area contributed by atoms with E-state index in [0.29, 0.717) is 16.5 Å². The molecule has 7 nitrogen and oxygen atoms in total. The Morgan fingerprint density at radius 2 is 1.88 bits per heavy atom. The van der Waals surface area contributed by atoms with Crippen LogP contribution < -0.4 is 5.23 Å². The van der Waals surface area contributed by atoms with Gasteiger partial charge in [0.05, 0.1) is 22.0 Å². The van der Waals surface area contributed by atoms with Crippen LogP contribution in [0.1, 0.15) is 11.1 Å². The molecule has 0 atom stereocenters. The van der Waals surface area contributed by atoms with Crippen LogP contribution in [0.4, 0.5) is 5.69 Å². The number of aryl methyl sites for hydroxylation is 1. The van der Waals surface area contributed by atoms with Crippen LogP contribution in [0.25, 0.3) is 10.9 Å². The topological polar surface area (TPSA) is 103 Å². The molecule has 0 aliphatic carbocycles. The van der Waals surface area contributed by atoms with Crippen molar-refractivity contribution in [2.24, 2.45) is 0 Å². The number of hydrogen-bond donors (Lipinski definition) is 3. The zero-order valence-electron chi connectivity index (χ0n) is 13.1. The van der Waals surface area contributed by atoms with Crippen molar-refractivity contribution in [3.63, 3.8) is 0 Å². The number of hydrogen-bond acceptors (Lipinski definition) is 6. The first-order chi connectivity index (χ1) is 11.8. The highest BCUT2D eigenvalue weighted by Gasteiger charge is 2.23. The Labute approximate surface area is 148 Å². The predicted molar refractivity (Wildman–Crippen MR) is 92.7 cm³/mol. The maximum absolute atomic E-state index is 13.0. The molecule has 2 aromatic carbocycles. The van der Waals surface area contributed by atoms with Gasteiger partial charge in [0.1, 0.15) is 5.69 Å². The highest BCUT2D eigenvalue weighted by Crippen LogP contribution is 2.31. The van der Waals surface area contributed by atoms with E-state index >= 15 is 0 Å². The van der Waals surface area contributed by atoms with Gasteiger partial charge in [0.25, 0.3) is 10.0 Å². The molecular formula is C16H15ClN2O5S. The Morgan fingerprint density at radius 3 is 2.52 bits per heavy atom. The molecular weight excluding hydrogens is 368 g/mol. The van der Waals surface area contributed by atoms with Crippen LogP contribution in [-0.2, 0) is 16.6 Å². The summed E-state index contributed by atoms with van der Waals surface area (Å²) in [7, 11) is -4.04. The van der Waals surface area contributed by atoms with Crippen molar-refractivity contribution in [3.8, 4) is 0 Å². The summed E-state index contributed by atoms with van der Waals surface area (Å²) in [5.74, 6) is 0. The van der Waals surface area contributed by atoms with Crippen molar-refractivity contribution < 1.29 is 23.9 Å². The van der Waals surface area contributed by atoms with Crippen LogP contribution in [-0.4, -0.2) is 27.9 Å². The highest BCUT2D eigenvalue weighted by atomic mass is 35.5. The van der Waals surface area contributed by atoms with Gasteiger partial charge in [0.2, 0.25) is 0 Å². The minimum absolute atomic E-state index is 0.0204. The first kappa shape index (κ1) is 17.7. The molecule has 3 aromatic rings. The monoisotopic (exact) mass is 382 g/mol. The summed E-state index contributed by atoms with van der Waals surface area (Å²) < 4.78 is 27.1. The number of nitrogens with zero attached hydrogens (tertiary/aromatic N) is 2. The Balaban J connectivity index is 2.25. The van der Waals surface area contributed by atoms with Crippen molar-refractivity contribution in [1.29, 1.82) is 0 Å². The molecule has 3 N–H and O–H groups in total. The Hall–Kier alpha value is -2.10. The standard InChI is InChI=1S/C16H15ClN2O5S/c1-10-2-5-15-13(6-10)11(9-20)8-18(15)25(23,24)12-3-4-14(17)16(7-12)19(21)22/h2-8,20-22H,9H2,1H3. The molecule has 0 bridgehead atoms. The van der Waals surface area contributed by atoms with E-state index in [9.17, 15) is 23.9 Å². The molecule has 0 radical (unpaired) electrons. The molecule has 0 spiro atoms. The lowest BCUT2D eigenvalue weighted by Crippen LogP contribution is -2.15. The largest absolute Gasteiger partial charge is 0.392 e. The molecule has 3 rings (SSSR count). The van der Waals surface area contributed by atoms with Crippen molar-refractivity contribution in [2.45, 2.75) is 18.4 Å². The Bertz CT molecular complexity index is 1060. The van der Waals surface area contributed by atoms with Gasteiger partial charge < -0.3 is 5.11 Å². The molecule has 0 saturated heterocycles. The lowest BCUT2D eigenvalue weighted by Gasteiger charge is -2.13. The number of fused-ring (bicyclic) bond motifs is 1. The number of benzene rings is 2. The van der Waals surface area contributed by atoms with E-state index in [4.69, 9.17) is 11.6 Å². The van der Waals surface area contributed by atoms with Gasteiger partial charge >= 0.3 is 0 Å². The zero-order chi connectivity index (χ0) is 18.4. The summed E-state index contributed by atoms with van der Waals surface area (Å²) in [6.45, 7) is 1.56. The Kier molecular flexibility index (Phi) is 4.48. The van der Waals surface area contributed by atoms with E-state index in [2.05, 4.69) is 0 Å². The van der Waals surface area contributed by atoms with Gasteiger partial charge in [-0.15, -0.1) is 5.23 Å². The van der Waals surface area contributed by atoms with Gasteiger partial charge in [-0.3, -0.25) is 10.4 Å². The van der Waals surface area contributed by atoms with Crippen LogP contribution in [0.15, 0.2) is 47.5 Å². The fourth-order valence-electron chi connectivity index (χ4n) is 2.62. The first-order valence-electron chi connectivity index (χ1n) is 7.20. The average Bonchev–Trinajstić information content (AvgIpc) is 2.93. The molecule has 0 amide bonds. The lowest BCUT2D eigenvalue weighted by atomic mass is 10.1. The second-order valence-corrected chi connectivity index (χ2v) is 7.76. The number of anilines is 1. The minimum Gasteiger partial charge on any atom is -0.392 e. The van der Waals surface area contributed by atoms with E-state index in [0.717, 1.165) is 15.6 Å². The van der Waals surface area contributed by atoms with Gasteiger partial charge in [-0.05, 0) is 37.3 Å². The van der Waals surface area contributed by atoms with Crippen molar-refractivity contribution >= 4 is 38.2 Å². The van der Waals surface area contributed by atoms with Crippen LogP contribution in [0.2, 0.25) is 5.02 Å². The molecule has 0 unspecified atom stereocenters. The van der Waals surface area contributed by atoms with E-state index in [1.165, 1.54) is 18.3 Å². The number of rotatable bonds is 4. The van der Waals surface area contributed by atoms with E-state index in [-0.39, 0.29) is 27.4 Å². The van der Waals surface area contributed by atoms with E-state index < -0.39 is 10.0 Å². The SMILES string of the molecule is Cc1ccc2c(c1)c(CO)cn2S(=O)(=O)c1ccc(Cl)c(N(O)O)c1. The third-order valence-corrected chi connectivity index (χ3v) is 5.86. The molecule has 132 valence electrons. The summed E-state index contributed by atoms with van der Waals surface area (Å²) in [4.78, 5) is -0.179. The van der Waals surface area contributed by atoms with Gasteiger partial charge in [-0.2, -0.15) is 0 Å². The molecule has 0 saturated carbocycles. The van der Waals surface area contributed by atoms with E-state index in [1.54, 1.807) is 18.2 Å². The van der Waals surface area contributed by atoms with Gasteiger partial charge in [0, 0.05) is 17.1 Å². The summed E-state index contributed by atoms with van der Waals surface area (Å²) in [6, 6.07) is 8.80. The third-order valence-electron chi connectivity index (χ3n) is 3.87.